The number of carbonyl (C=O) groups is 1. The van der Waals surface area contributed by atoms with E-state index >= 15 is 0 Å². The van der Waals surface area contributed by atoms with Crippen molar-refractivity contribution in [3.63, 3.8) is 0 Å². The fraction of sp³-hybridized carbons (Fsp3) is 0.115. The summed E-state index contributed by atoms with van der Waals surface area (Å²) in [5.74, 6) is 1.03. The second-order valence-corrected chi connectivity index (χ2v) is 7.19. The van der Waals surface area contributed by atoms with Crippen molar-refractivity contribution in [1.82, 2.24) is 14.8 Å². The van der Waals surface area contributed by atoms with E-state index in [1.54, 1.807) is 35.3 Å². The van der Waals surface area contributed by atoms with Crippen molar-refractivity contribution in [2.45, 2.75) is 0 Å². The zero-order valence-electron chi connectivity index (χ0n) is 19.1. The van der Waals surface area contributed by atoms with Gasteiger partial charge >= 0.3 is 0 Å². The average molecular weight is 457 g/mol. The van der Waals surface area contributed by atoms with E-state index in [9.17, 15) is 4.79 Å². The Balaban J connectivity index is 1.62. The Morgan fingerprint density at radius 1 is 0.971 bits per heavy atom. The van der Waals surface area contributed by atoms with Gasteiger partial charge in [0.25, 0.3) is 0 Å². The molecular formula is C26H24N4O4. The lowest BCUT2D eigenvalue weighted by atomic mass is 10.1. The molecule has 1 N–H and O–H groups in total. The summed E-state index contributed by atoms with van der Waals surface area (Å²) in [6.45, 7) is 0. The maximum Gasteiger partial charge on any atom is 0.248 e. The Labute approximate surface area is 197 Å². The van der Waals surface area contributed by atoms with E-state index in [4.69, 9.17) is 19.3 Å². The Morgan fingerprint density at radius 2 is 1.71 bits per heavy atom. The molecule has 8 nitrogen and oxygen atoms in total. The first-order valence-corrected chi connectivity index (χ1v) is 10.5. The molecule has 4 rings (SSSR count). The van der Waals surface area contributed by atoms with Crippen LogP contribution in [0, 0.1) is 0 Å². The third kappa shape index (κ3) is 4.91. The quantitative estimate of drug-likeness (QED) is 0.390. The summed E-state index contributed by atoms with van der Waals surface area (Å²) in [7, 11) is 4.57. The normalized spacial score (nSPS) is 10.8. The van der Waals surface area contributed by atoms with Crippen molar-refractivity contribution in [2.24, 2.45) is 0 Å². The molecule has 34 heavy (non-hydrogen) atoms. The lowest BCUT2D eigenvalue weighted by Crippen LogP contribution is -2.08. The fourth-order valence-electron chi connectivity index (χ4n) is 3.45. The van der Waals surface area contributed by atoms with Crippen molar-refractivity contribution >= 4 is 17.7 Å². The molecule has 0 saturated heterocycles. The standard InChI is InChI=1S/C26H24N4O4/c1-32-22-14-20(15-23(33-2)26(22)34-3)28-24(31)12-11-19-17-30(21-9-5-4-6-10-21)29-25(19)18-8-7-13-27-16-18/h4-17H,1-3H3,(H,28,31)/b12-11+. The molecule has 0 aliphatic rings. The van der Waals surface area contributed by atoms with Gasteiger partial charge in [0.2, 0.25) is 11.7 Å². The molecule has 0 radical (unpaired) electrons. The number of carbonyl (C=O) groups excluding carboxylic acids is 1. The van der Waals surface area contributed by atoms with E-state index in [2.05, 4.69) is 10.3 Å². The van der Waals surface area contributed by atoms with Crippen LogP contribution in [0.25, 0.3) is 23.0 Å². The van der Waals surface area contributed by atoms with E-state index in [1.165, 1.54) is 27.4 Å². The number of rotatable bonds is 8. The number of para-hydroxylation sites is 1. The predicted molar refractivity (Wildman–Crippen MR) is 131 cm³/mol. The molecule has 0 aliphatic carbocycles. The number of nitrogens with zero attached hydrogens (tertiary/aromatic N) is 3. The van der Waals surface area contributed by atoms with Gasteiger partial charge in [0.15, 0.2) is 11.5 Å². The second-order valence-electron chi connectivity index (χ2n) is 7.19. The molecule has 0 saturated carbocycles. The van der Waals surface area contributed by atoms with E-state index in [0.29, 0.717) is 28.6 Å². The summed E-state index contributed by atoms with van der Waals surface area (Å²) in [6.07, 6.45) is 8.50. The summed E-state index contributed by atoms with van der Waals surface area (Å²) < 4.78 is 17.8. The number of pyridine rings is 1. The maximum atomic E-state index is 12.7. The molecular weight excluding hydrogens is 432 g/mol. The number of hydrogen-bond acceptors (Lipinski definition) is 6. The third-order valence-corrected chi connectivity index (χ3v) is 5.04. The number of aromatic nitrogens is 3. The number of nitrogens with one attached hydrogen (secondary N) is 1. The largest absolute Gasteiger partial charge is 0.493 e. The van der Waals surface area contributed by atoms with Crippen molar-refractivity contribution < 1.29 is 19.0 Å². The monoisotopic (exact) mass is 456 g/mol. The molecule has 172 valence electrons. The van der Waals surface area contributed by atoms with E-state index < -0.39 is 0 Å². The van der Waals surface area contributed by atoms with Crippen LogP contribution in [0.4, 0.5) is 5.69 Å². The highest BCUT2D eigenvalue weighted by atomic mass is 16.5. The van der Waals surface area contributed by atoms with Crippen LogP contribution < -0.4 is 19.5 Å². The number of benzene rings is 2. The van der Waals surface area contributed by atoms with Crippen molar-refractivity contribution in [1.29, 1.82) is 0 Å². The third-order valence-electron chi connectivity index (χ3n) is 5.04. The minimum absolute atomic E-state index is 0.320. The molecule has 0 atom stereocenters. The first kappa shape index (κ1) is 22.6. The van der Waals surface area contributed by atoms with Gasteiger partial charge in [-0.3, -0.25) is 9.78 Å². The predicted octanol–water partition coefficient (Wildman–Crippen LogP) is 4.61. The van der Waals surface area contributed by atoms with Crippen LogP contribution in [-0.4, -0.2) is 42.0 Å². The summed E-state index contributed by atoms with van der Waals surface area (Å²) in [4.78, 5) is 16.9. The maximum absolute atomic E-state index is 12.7. The molecule has 2 heterocycles. The smallest absolute Gasteiger partial charge is 0.248 e. The topological polar surface area (TPSA) is 87.5 Å². The molecule has 0 bridgehead atoms. The van der Waals surface area contributed by atoms with Crippen molar-refractivity contribution in [3.8, 4) is 34.2 Å². The molecule has 0 aliphatic heterocycles. The fourth-order valence-corrected chi connectivity index (χ4v) is 3.45. The van der Waals surface area contributed by atoms with Crippen LogP contribution in [0.5, 0.6) is 17.2 Å². The highest BCUT2D eigenvalue weighted by molar-refractivity contribution is 6.02. The lowest BCUT2D eigenvalue weighted by Gasteiger charge is -2.14. The van der Waals surface area contributed by atoms with Crippen LogP contribution >= 0.6 is 0 Å². The first-order valence-electron chi connectivity index (χ1n) is 10.5. The van der Waals surface area contributed by atoms with Gasteiger partial charge in [0.05, 0.1) is 27.0 Å². The van der Waals surface area contributed by atoms with Gasteiger partial charge in [-0.05, 0) is 30.3 Å². The summed E-state index contributed by atoms with van der Waals surface area (Å²) in [5.41, 5.74) is 3.76. The molecule has 2 aromatic carbocycles. The minimum Gasteiger partial charge on any atom is -0.493 e. The van der Waals surface area contributed by atoms with Crippen molar-refractivity contribution in [3.05, 3.63) is 84.8 Å². The zero-order valence-corrected chi connectivity index (χ0v) is 19.1. The van der Waals surface area contributed by atoms with Gasteiger partial charge in [-0.1, -0.05) is 18.2 Å². The lowest BCUT2D eigenvalue weighted by molar-refractivity contribution is -0.111. The second kappa shape index (κ2) is 10.4. The van der Waals surface area contributed by atoms with Crippen LogP contribution in [-0.2, 0) is 4.79 Å². The van der Waals surface area contributed by atoms with Gasteiger partial charge in [0.1, 0.15) is 5.69 Å². The summed E-state index contributed by atoms with van der Waals surface area (Å²) in [5, 5.41) is 7.55. The number of amides is 1. The molecule has 1 amide bonds. The van der Waals surface area contributed by atoms with E-state index in [1.807, 2.05) is 48.7 Å². The minimum atomic E-state index is -0.320. The number of ether oxygens (including phenoxy) is 3. The Morgan fingerprint density at radius 3 is 2.32 bits per heavy atom. The molecule has 0 unspecified atom stereocenters. The van der Waals surface area contributed by atoms with Gasteiger partial charge in [-0.2, -0.15) is 5.10 Å². The molecule has 0 spiro atoms. The van der Waals surface area contributed by atoms with Crippen LogP contribution in [0.3, 0.4) is 0 Å². The number of hydrogen-bond donors (Lipinski definition) is 1. The van der Waals surface area contributed by atoms with Gasteiger partial charge < -0.3 is 19.5 Å². The number of anilines is 1. The summed E-state index contributed by atoms with van der Waals surface area (Å²) >= 11 is 0. The van der Waals surface area contributed by atoms with E-state index in [-0.39, 0.29) is 5.91 Å². The molecule has 4 aromatic rings. The van der Waals surface area contributed by atoms with Gasteiger partial charge in [-0.25, -0.2) is 4.68 Å². The molecule has 8 heteroatoms. The summed E-state index contributed by atoms with van der Waals surface area (Å²) in [6, 6.07) is 16.9. The van der Waals surface area contributed by atoms with Gasteiger partial charge in [-0.15, -0.1) is 0 Å². The molecule has 0 fully saturated rings. The van der Waals surface area contributed by atoms with Crippen LogP contribution in [0.2, 0.25) is 0 Å². The van der Waals surface area contributed by atoms with E-state index in [0.717, 1.165) is 16.8 Å². The van der Waals surface area contributed by atoms with Crippen LogP contribution in [0.1, 0.15) is 5.56 Å². The molecule has 2 aromatic heterocycles. The highest BCUT2D eigenvalue weighted by Crippen LogP contribution is 2.39. The van der Waals surface area contributed by atoms with Gasteiger partial charge in [0, 0.05) is 53.6 Å². The zero-order chi connectivity index (χ0) is 23.9. The Bertz CT molecular complexity index is 1280. The van der Waals surface area contributed by atoms with Crippen LogP contribution in [0.15, 0.2) is 79.3 Å². The van der Waals surface area contributed by atoms with Crippen molar-refractivity contribution in [2.75, 3.05) is 26.6 Å². The number of methoxy groups -OCH3 is 3. The average Bonchev–Trinajstić information content (AvgIpc) is 3.32. The Hall–Kier alpha value is -4.59. The first-order chi connectivity index (χ1) is 16.6. The Kier molecular flexibility index (Phi) is 6.88. The highest BCUT2D eigenvalue weighted by Gasteiger charge is 2.15. The SMILES string of the molecule is COc1cc(NC(=O)/C=C/c2cn(-c3ccccc3)nc2-c2cccnc2)cc(OC)c1OC.